The van der Waals surface area contributed by atoms with Crippen LogP contribution in [-0.4, -0.2) is 21.7 Å². The van der Waals surface area contributed by atoms with Crippen molar-refractivity contribution in [1.29, 1.82) is 0 Å². The van der Waals surface area contributed by atoms with Gasteiger partial charge in [-0.05, 0) is 47.9 Å². The second-order valence-corrected chi connectivity index (χ2v) is 14.4. The van der Waals surface area contributed by atoms with Gasteiger partial charge in [-0.15, -0.1) is 23.5 Å². The first-order valence-corrected chi connectivity index (χ1v) is 16.4. The van der Waals surface area contributed by atoms with Crippen LogP contribution in [0.15, 0.2) is 34.1 Å². The monoisotopic (exact) mass is 536 g/mol. The standard InChI is InChI=1S/C24H34O2S2.2ClH.Ti/c1-15-11-17(23(3,4)5)21(25)19(13-15)27-9-10-28-20-14-16(2)12-18(22(20)26)24(6,7)8;;;/h11-14,25-26H,9-10H2,1-8H3;2*1H;/q;;;+2/p-2. The van der Waals surface area contributed by atoms with Crippen LogP contribution < -0.4 is 0 Å². The zero-order chi connectivity index (χ0) is 24.0. The van der Waals surface area contributed by atoms with Crippen LogP contribution in [0, 0.1) is 13.8 Å². The molecule has 0 aliphatic heterocycles. The molecule has 2 N–H and O–H groups in total. The number of rotatable bonds is 5. The van der Waals surface area contributed by atoms with Gasteiger partial charge in [0.15, 0.2) is 0 Å². The molecule has 0 heterocycles. The Bertz CT molecular complexity index is 804. The maximum atomic E-state index is 10.7. The molecule has 2 aromatic carbocycles. The predicted octanol–water partition coefficient (Wildman–Crippen LogP) is 8.57. The van der Waals surface area contributed by atoms with Gasteiger partial charge in [-0.2, -0.15) is 0 Å². The van der Waals surface area contributed by atoms with E-state index in [1.807, 2.05) is 0 Å². The molecule has 0 fully saturated rings. The normalized spacial score (nSPS) is 11.7. The van der Waals surface area contributed by atoms with E-state index in [-0.39, 0.29) is 10.8 Å². The number of phenols is 2. The van der Waals surface area contributed by atoms with Crippen LogP contribution in [0.3, 0.4) is 0 Å². The summed E-state index contributed by atoms with van der Waals surface area (Å²) in [6.45, 7) is 16.9. The molecule has 0 aliphatic rings. The Morgan fingerprint density at radius 3 is 1.26 bits per heavy atom. The molecule has 0 radical (unpaired) electrons. The Morgan fingerprint density at radius 1 is 0.710 bits per heavy atom. The molecule has 0 saturated heterocycles. The Morgan fingerprint density at radius 2 is 1.00 bits per heavy atom. The van der Waals surface area contributed by atoms with Gasteiger partial charge >= 0.3 is 35.6 Å². The summed E-state index contributed by atoms with van der Waals surface area (Å²) >= 11 is 2.80. The number of aryl methyl sites for hydroxylation is 2. The summed E-state index contributed by atoms with van der Waals surface area (Å²) in [5.41, 5.74) is 4.16. The van der Waals surface area contributed by atoms with Crippen LogP contribution in [0.25, 0.3) is 0 Å². The third-order valence-electron chi connectivity index (χ3n) is 4.65. The summed E-state index contributed by atoms with van der Waals surface area (Å²) < 4.78 is 0. The summed E-state index contributed by atoms with van der Waals surface area (Å²) in [5.74, 6) is 2.54. The van der Waals surface area contributed by atoms with E-state index in [9.17, 15) is 10.2 Å². The van der Waals surface area contributed by atoms with E-state index >= 15 is 0 Å². The molecule has 0 unspecified atom stereocenters. The first-order valence-electron chi connectivity index (χ1n) is 10.1. The molecule has 0 spiro atoms. The van der Waals surface area contributed by atoms with Crippen LogP contribution in [0.2, 0.25) is 0 Å². The fourth-order valence-corrected chi connectivity index (χ4v) is 5.30. The van der Waals surface area contributed by atoms with Gasteiger partial charge < -0.3 is 10.2 Å². The molecule has 7 heteroatoms. The van der Waals surface area contributed by atoms with E-state index in [2.05, 4.69) is 79.7 Å². The Kier molecular flexibility index (Phi) is 11.7. The first-order chi connectivity index (χ1) is 14.2. The van der Waals surface area contributed by atoms with E-state index in [1.54, 1.807) is 23.5 Å². The summed E-state index contributed by atoms with van der Waals surface area (Å²) in [5, 5.41) is 21.4. The maximum absolute atomic E-state index is 10.7. The Hall–Kier alpha value is 0.0343. The summed E-state index contributed by atoms with van der Waals surface area (Å²) in [6, 6.07) is 8.27. The molecule has 0 amide bonds. The molecule has 0 atom stereocenters. The molecular weight excluding hydrogens is 503 g/mol. The van der Waals surface area contributed by atoms with E-state index in [4.69, 9.17) is 18.6 Å². The van der Waals surface area contributed by atoms with Crippen molar-refractivity contribution in [3.63, 3.8) is 0 Å². The van der Waals surface area contributed by atoms with Crippen molar-refractivity contribution in [2.75, 3.05) is 11.5 Å². The third kappa shape index (κ3) is 9.06. The number of thioether (sulfide) groups is 2. The second-order valence-electron chi connectivity index (χ2n) is 9.59. The van der Waals surface area contributed by atoms with Crippen LogP contribution in [0.1, 0.15) is 63.8 Å². The van der Waals surface area contributed by atoms with Crippen molar-refractivity contribution in [1.82, 2.24) is 0 Å². The van der Waals surface area contributed by atoms with Gasteiger partial charge in [0.2, 0.25) is 0 Å². The van der Waals surface area contributed by atoms with Gasteiger partial charge in [-0.25, -0.2) is 0 Å². The zero-order valence-electron chi connectivity index (χ0n) is 19.7. The van der Waals surface area contributed by atoms with Crippen LogP contribution >= 0.6 is 42.1 Å². The van der Waals surface area contributed by atoms with E-state index in [1.165, 1.54) is 11.1 Å². The molecule has 0 aliphatic carbocycles. The fourth-order valence-electron chi connectivity index (χ4n) is 3.16. The number of aromatic hydroxyl groups is 2. The van der Waals surface area contributed by atoms with E-state index in [0.29, 0.717) is 11.5 Å². The third-order valence-corrected chi connectivity index (χ3v) is 6.97. The average molecular weight is 537 g/mol. The topological polar surface area (TPSA) is 40.5 Å². The summed E-state index contributed by atoms with van der Waals surface area (Å²) in [4.78, 5) is 1.88. The summed E-state index contributed by atoms with van der Waals surface area (Å²) in [7, 11) is 9.78. The van der Waals surface area contributed by atoms with Gasteiger partial charge in [0, 0.05) is 32.4 Å². The van der Waals surface area contributed by atoms with E-state index < -0.39 is 17.0 Å². The van der Waals surface area contributed by atoms with Crippen molar-refractivity contribution in [3.05, 3.63) is 46.5 Å². The SMILES string of the molecule is Cc1cc(SCCSc2cc(C)cc(C(C)(C)C)c2O)c(O)c(C(C)(C)C)c1.[Cl][Ti][Cl]. The van der Waals surface area contributed by atoms with Gasteiger partial charge in [-0.1, -0.05) is 53.7 Å². The number of benzene rings is 2. The minimum atomic E-state index is -0.556. The molecule has 0 bridgehead atoms. The molecule has 172 valence electrons. The minimum absolute atomic E-state index is 0.0864. The van der Waals surface area contributed by atoms with Gasteiger partial charge in [0.25, 0.3) is 0 Å². The number of hydrogen-bond acceptors (Lipinski definition) is 4. The number of hydrogen-bond donors (Lipinski definition) is 2. The predicted molar refractivity (Wildman–Crippen MR) is 136 cm³/mol. The molecule has 0 aromatic heterocycles. The molecule has 2 nitrogen and oxygen atoms in total. The van der Waals surface area contributed by atoms with Crippen molar-refractivity contribution in [2.45, 2.75) is 76.0 Å². The number of phenolic OH excluding ortho intramolecular Hbond substituents is 2. The van der Waals surface area contributed by atoms with Gasteiger partial charge in [0.05, 0.1) is 0 Å². The van der Waals surface area contributed by atoms with Crippen molar-refractivity contribution in [2.24, 2.45) is 0 Å². The van der Waals surface area contributed by atoms with Crippen molar-refractivity contribution < 1.29 is 27.2 Å². The molecule has 2 aromatic rings. The Balaban J connectivity index is 0.00000151. The zero-order valence-corrected chi connectivity index (χ0v) is 24.4. The van der Waals surface area contributed by atoms with Crippen LogP contribution in [0.5, 0.6) is 11.5 Å². The molecule has 2 rings (SSSR count). The Labute approximate surface area is 213 Å². The van der Waals surface area contributed by atoms with Crippen molar-refractivity contribution >= 4 is 42.1 Å². The number of halogens is 2. The van der Waals surface area contributed by atoms with Gasteiger partial charge in [-0.3, -0.25) is 0 Å². The summed E-state index contributed by atoms with van der Waals surface area (Å²) in [6.07, 6.45) is 0. The van der Waals surface area contributed by atoms with Crippen LogP contribution in [-0.2, 0) is 27.9 Å². The quantitative estimate of drug-likeness (QED) is 0.228. The van der Waals surface area contributed by atoms with E-state index in [0.717, 1.165) is 32.4 Å². The molecule has 0 saturated carbocycles. The molecular formula is C24H34Cl2O2S2Ti. The van der Waals surface area contributed by atoms with Crippen molar-refractivity contribution in [3.8, 4) is 11.5 Å². The van der Waals surface area contributed by atoms with Crippen LogP contribution in [0.4, 0.5) is 0 Å². The average Bonchev–Trinajstić information content (AvgIpc) is 2.62. The van der Waals surface area contributed by atoms with Gasteiger partial charge in [0.1, 0.15) is 11.5 Å². The molecule has 31 heavy (non-hydrogen) atoms. The second kappa shape index (κ2) is 12.5. The first kappa shape index (κ1) is 29.1. The fraction of sp³-hybridized carbons (Fsp3) is 0.500.